The predicted octanol–water partition coefficient (Wildman–Crippen LogP) is 4.22. The van der Waals surface area contributed by atoms with Crippen molar-refractivity contribution in [2.75, 3.05) is 0 Å². The van der Waals surface area contributed by atoms with Crippen LogP contribution >= 0.6 is 11.6 Å². The molecule has 0 saturated heterocycles. The first-order valence-electron chi connectivity index (χ1n) is 5.34. The van der Waals surface area contributed by atoms with Gasteiger partial charge in [-0.15, -0.1) is 11.6 Å². The maximum Gasteiger partial charge on any atom is 0.0336 e. The van der Waals surface area contributed by atoms with Crippen LogP contribution in [0.4, 0.5) is 0 Å². The molecule has 0 N–H and O–H groups in total. The number of alkyl halides is 1. The lowest BCUT2D eigenvalue weighted by atomic mass is 9.84. The Balaban J connectivity index is 2.30. The van der Waals surface area contributed by atoms with Crippen LogP contribution in [0.25, 0.3) is 0 Å². The van der Waals surface area contributed by atoms with E-state index in [-0.39, 0.29) is 0 Å². The lowest BCUT2D eigenvalue weighted by Crippen LogP contribution is -2.13. The molecular weight excluding hydrogens is 168 g/mol. The molecule has 0 aromatic carbocycles. The first-order valence-corrected chi connectivity index (χ1v) is 5.78. The second-order valence-corrected chi connectivity index (χ2v) is 5.08. The zero-order valence-electron chi connectivity index (χ0n) is 8.35. The van der Waals surface area contributed by atoms with E-state index in [1.54, 1.807) is 0 Å². The molecule has 1 heteroatoms. The lowest BCUT2D eigenvalue weighted by molar-refractivity contribution is 0.299. The Labute approximate surface area is 81.7 Å². The third kappa shape index (κ3) is 3.35. The molecule has 1 fully saturated rings. The standard InChI is InChI=1S/C11H21Cl/c1-9(2)10-5-3-7-11(12)8-4-6-10/h9-11H,3-8H2,1-2H3. The summed E-state index contributed by atoms with van der Waals surface area (Å²) in [7, 11) is 0. The molecule has 0 atom stereocenters. The summed E-state index contributed by atoms with van der Waals surface area (Å²) in [4.78, 5) is 0. The topological polar surface area (TPSA) is 0 Å². The quantitative estimate of drug-likeness (QED) is 0.541. The Morgan fingerprint density at radius 1 is 1.00 bits per heavy atom. The van der Waals surface area contributed by atoms with Crippen LogP contribution in [0.3, 0.4) is 0 Å². The Bertz CT molecular complexity index is 110. The van der Waals surface area contributed by atoms with Crippen LogP contribution in [0.15, 0.2) is 0 Å². The summed E-state index contributed by atoms with van der Waals surface area (Å²) in [6, 6.07) is 0. The van der Waals surface area contributed by atoms with E-state index < -0.39 is 0 Å². The molecule has 0 heterocycles. The zero-order chi connectivity index (χ0) is 8.97. The van der Waals surface area contributed by atoms with Gasteiger partial charge in [0.25, 0.3) is 0 Å². The van der Waals surface area contributed by atoms with Crippen LogP contribution in [0.5, 0.6) is 0 Å². The van der Waals surface area contributed by atoms with Gasteiger partial charge in [0.2, 0.25) is 0 Å². The van der Waals surface area contributed by atoms with Gasteiger partial charge in [0.1, 0.15) is 0 Å². The minimum Gasteiger partial charge on any atom is -0.123 e. The molecule has 0 unspecified atom stereocenters. The van der Waals surface area contributed by atoms with Gasteiger partial charge >= 0.3 is 0 Å². The van der Waals surface area contributed by atoms with Crippen molar-refractivity contribution in [3.05, 3.63) is 0 Å². The molecule has 1 aliphatic rings. The van der Waals surface area contributed by atoms with E-state index in [2.05, 4.69) is 13.8 Å². The third-order valence-corrected chi connectivity index (χ3v) is 3.56. The summed E-state index contributed by atoms with van der Waals surface area (Å²) in [6.45, 7) is 4.70. The molecule has 0 nitrogen and oxygen atoms in total. The van der Waals surface area contributed by atoms with Crippen molar-refractivity contribution >= 4 is 11.6 Å². The first kappa shape index (κ1) is 10.4. The predicted molar refractivity (Wildman–Crippen MR) is 55.7 cm³/mol. The van der Waals surface area contributed by atoms with Crippen LogP contribution in [-0.2, 0) is 0 Å². The van der Waals surface area contributed by atoms with Gasteiger partial charge in [-0.25, -0.2) is 0 Å². The van der Waals surface area contributed by atoms with Gasteiger partial charge in [-0.05, 0) is 24.7 Å². The molecule has 1 aliphatic carbocycles. The molecular formula is C11H21Cl. The largest absolute Gasteiger partial charge is 0.123 e. The van der Waals surface area contributed by atoms with E-state index >= 15 is 0 Å². The van der Waals surface area contributed by atoms with Crippen molar-refractivity contribution in [1.29, 1.82) is 0 Å². The summed E-state index contributed by atoms with van der Waals surface area (Å²) in [5.74, 6) is 1.84. The van der Waals surface area contributed by atoms with Crippen molar-refractivity contribution in [2.45, 2.75) is 57.7 Å². The SMILES string of the molecule is CC(C)C1CCCC(Cl)CCC1. The fraction of sp³-hybridized carbons (Fsp3) is 1.00. The summed E-state index contributed by atoms with van der Waals surface area (Å²) < 4.78 is 0. The average Bonchev–Trinajstić information content (AvgIpc) is 1.95. The number of hydrogen-bond donors (Lipinski definition) is 0. The molecule has 0 bridgehead atoms. The van der Waals surface area contributed by atoms with Crippen LogP contribution in [-0.4, -0.2) is 5.38 Å². The van der Waals surface area contributed by atoms with Crippen molar-refractivity contribution < 1.29 is 0 Å². The first-order chi connectivity index (χ1) is 5.70. The highest BCUT2D eigenvalue weighted by Gasteiger charge is 2.17. The minimum absolute atomic E-state index is 0.470. The van der Waals surface area contributed by atoms with Gasteiger partial charge in [0.15, 0.2) is 0 Å². The van der Waals surface area contributed by atoms with Crippen LogP contribution in [0.1, 0.15) is 52.4 Å². The van der Waals surface area contributed by atoms with E-state index in [1.165, 1.54) is 38.5 Å². The Kier molecular flexibility index (Phi) is 4.42. The van der Waals surface area contributed by atoms with Gasteiger partial charge in [0.05, 0.1) is 0 Å². The van der Waals surface area contributed by atoms with E-state index in [0.717, 1.165) is 11.8 Å². The molecule has 0 amide bonds. The molecule has 0 aliphatic heterocycles. The van der Waals surface area contributed by atoms with Gasteiger partial charge in [-0.3, -0.25) is 0 Å². The van der Waals surface area contributed by atoms with Gasteiger partial charge < -0.3 is 0 Å². The van der Waals surface area contributed by atoms with Crippen LogP contribution in [0.2, 0.25) is 0 Å². The fourth-order valence-electron chi connectivity index (χ4n) is 2.16. The van der Waals surface area contributed by atoms with E-state index in [1.807, 2.05) is 0 Å². The van der Waals surface area contributed by atoms with E-state index in [4.69, 9.17) is 11.6 Å². The molecule has 0 aromatic heterocycles. The second kappa shape index (κ2) is 5.11. The maximum absolute atomic E-state index is 6.12. The van der Waals surface area contributed by atoms with E-state index in [9.17, 15) is 0 Å². The number of rotatable bonds is 1. The van der Waals surface area contributed by atoms with Crippen molar-refractivity contribution in [3.63, 3.8) is 0 Å². The molecule has 12 heavy (non-hydrogen) atoms. The van der Waals surface area contributed by atoms with Crippen LogP contribution in [0, 0.1) is 11.8 Å². The van der Waals surface area contributed by atoms with Crippen molar-refractivity contribution in [1.82, 2.24) is 0 Å². The molecule has 0 aromatic rings. The highest BCUT2D eigenvalue weighted by Crippen LogP contribution is 2.29. The number of halogens is 1. The molecule has 0 spiro atoms. The second-order valence-electron chi connectivity index (χ2n) is 4.46. The zero-order valence-corrected chi connectivity index (χ0v) is 9.11. The van der Waals surface area contributed by atoms with Crippen molar-refractivity contribution in [2.24, 2.45) is 11.8 Å². The van der Waals surface area contributed by atoms with Gasteiger partial charge in [-0.2, -0.15) is 0 Å². The normalized spacial score (nSPS) is 33.0. The van der Waals surface area contributed by atoms with Gasteiger partial charge in [-0.1, -0.05) is 39.5 Å². The highest BCUT2D eigenvalue weighted by molar-refractivity contribution is 6.20. The molecule has 1 rings (SSSR count). The monoisotopic (exact) mass is 188 g/mol. The van der Waals surface area contributed by atoms with Gasteiger partial charge in [0, 0.05) is 5.38 Å². The Morgan fingerprint density at radius 3 is 1.92 bits per heavy atom. The Hall–Kier alpha value is 0.290. The molecule has 1 saturated carbocycles. The third-order valence-electron chi connectivity index (χ3n) is 3.13. The van der Waals surface area contributed by atoms with Crippen molar-refractivity contribution in [3.8, 4) is 0 Å². The summed E-state index contributed by atoms with van der Waals surface area (Å²) in [6.07, 6.45) is 7.98. The maximum atomic E-state index is 6.12. The number of hydrogen-bond acceptors (Lipinski definition) is 0. The average molecular weight is 189 g/mol. The molecule has 72 valence electrons. The smallest absolute Gasteiger partial charge is 0.0336 e. The fourth-order valence-corrected chi connectivity index (χ4v) is 2.47. The lowest BCUT2D eigenvalue weighted by Gasteiger charge is -2.24. The Morgan fingerprint density at radius 2 is 1.50 bits per heavy atom. The summed E-state index contributed by atoms with van der Waals surface area (Å²) in [5.41, 5.74) is 0. The van der Waals surface area contributed by atoms with E-state index in [0.29, 0.717) is 5.38 Å². The molecule has 0 radical (unpaired) electrons. The van der Waals surface area contributed by atoms with Crippen LogP contribution < -0.4 is 0 Å². The summed E-state index contributed by atoms with van der Waals surface area (Å²) in [5, 5.41) is 0.470. The summed E-state index contributed by atoms with van der Waals surface area (Å²) >= 11 is 6.12. The highest BCUT2D eigenvalue weighted by atomic mass is 35.5. The minimum atomic E-state index is 0.470.